The van der Waals surface area contributed by atoms with E-state index in [0.29, 0.717) is 45.8 Å². The van der Waals surface area contributed by atoms with Crippen LogP contribution in [0.5, 0.6) is 0 Å². The van der Waals surface area contributed by atoms with Crippen LogP contribution in [0, 0.1) is 5.16 Å². The molecule has 0 radical (unpaired) electrons. The quantitative estimate of drug-likeness (QED) is 0.144. The van der Waals surface area contributed by atoms with Gasteiger partial charge in [0.05, 0.1) is 33.0 Å². The molecule has 0 amide bonds. The Morgan fingerprint density at radius 3 is 1.59 bits per heavy atom. The molecule has 0 saturated carbocycles. The predicted molar refractivity (Wildman–Crippen MR) is 144 cm³/mol. The molecule has 0 aromatic rings. The Balaban J connectivity index is 3.63. The molecule has 1 heterocycles. The lowest BCUT2D eigenvalue weighted by Gasteiger charge is -2.28. The predicted octanol–water partition coefficient (Wildman–Crippen LogP) is 8.90. The molecular formula is C22H50N3O6P3. The molecule has 12 heteroatoms. The molecule has 1 N–H and O–H groups in total. The molecule has 3 unspecified atom stereocenters. The molecule has 0 aromatic heterocycles. The molecule has 1 saturated heterocycles. The lowest BCUT2D eigenvalue weighted by Crippen LogP contribution is -2.05. The van der Waals surface area contributed by atoms with Gasteiger partial charge in [-0.3, -0.25) is 5.16 Å². The van der Waals surface area contributed by atoms with Crippen molar-refractivity contribution in [3.63, 3.8) is 0 Å². The fourth-order valence-electron chi connectivity index (χ4n) is 2.96. The van der Waals surface area contributed by atoms with Gasteiger partial charge >= 0.3 is 7.66 Å². The molecule has 1 aliphatic heterocycles. The first-order valence-corrected chi connectivity index (χ1v) is 18.2. The second-order valence-electron chi connectivity index (χ2n) is 8.20. The highest BCUT2D eigenvalue weighted by Crippen LogP contribution is 2.80. The van der Waals surface area contributed by atoms with Gasteiger partial charge in [0, 0.05) is 12.8 Å². The number of hydrogen-bond donors (Lipinski definition) is 1. The highest BCUT2D eigenvalue weighted by atomic mass is 31.2. The first-order valence-electron chi connectivity index (χ1n) is 13.1. The van der Waals surface area contributed by atoms with Crippen molar-refractivity contribution >= 4 is 22.4 Å². The van der Waals surface area contributed by atoms with Crippen molar-refractivity contribution in [3.8, 4) is 0 Å². The summed E-state index contributed by atoms with van der Waals surface area (Å²) in [4.78, 5) is 0. The summed E-state index contributed by atoms with van der Waals surface area (Å²) in [5.74, 6) is -0.779. The van der Waals surface area contributed by atoms with E-state index in [1.165, 1.54) is 0 Å². The highest BCUT2D eigenvalue weighted by molar-refractivity contribution is 7.71. The minimum Gasteiger partial charge on any atom is -0.367 e. The SMILES string of the molecule is CCCOC1C(N=P(N=P(CC)(OCCC)OCCC)(OCCC)OCCC)P1(=N)OCCC. The second-order valence-corrected chi connectivity index (χ2v) is 15.8. The van der Waals surface area contributed by atoms with E-state index in [-0.39, 0.29) is 5.85 Å². The maximum Gasteiger partial charge on any atom is 0.339 e. The van der Waals surface area contributed by atoms with Crippen molar-refractivity contribution in [2.75, 3.05) is 45.8 Å². The Kier molecular flexibility index (Phi) is 16.3. The van der Waals surface area contributed by atoms with Gasteiger partial charge in [-0.1, -0.05) is 48.5 Å². The van der Waals surface area contributed by atoms with Gasteiger partial charge in [0.25, 0.3) is 0 Å². The number of nitrogens with zero attached hydrogens (tertiary/aromatic N) is 2. The maximum atomic E-state index is 9.05. The molecule has 1 fully saturated rings. The summed E-state index contributed by atoms with van der Waals surface area (Å²) in [6, 6.07) is 0. The fourth-order valence-corrected chi connectivity index (χ4v) is 12.0. The Hall–Kier alpha value is 0.450. The van der Waals surface area contributed by atoms with E-state index in [9.17, 15) is 0 Å². The van der Waals surface area contributed by atoms with Crippen LogP contribution in [0.4, 0.5) is 0 Å². The molecule has 9 nitrogen and oxygen atoms in total. The highest BCUT2D eigenvalue weighted by Gasteiger charge is 2.62. The fraction of sp³-hybridized carbons (Fsp3) is 1.00. The van der Waals surface area contributed by atoms with Crippen LogP contribution in [-0.2, 0) is 27.4 Å². The van der Waals surface area contributed by atoms with Crippen molar-refractivity contribution in [2.45, 2.75) is 98.6 Å². The van der Waals surface area contributed by atoms with E-state index in [0.717, 1.165) is 38.5 Å². The van der Waals surface area contributed by atoms with E-state index in [1.54, 1.807) is 0 Å². The summed E-state index contributed by atoms with van der Waals surface area (Å²) < 4.78 is 47.5. The summed E-state index contributed by atoms with van der Waals surface area (Å²) in [6.45, 7) is 17.5. The maximum absolute atomic E-state index is 9.05. The second kappa shape index (κ2) is 17.1. The van der Waals surface area contributed by atoms with E-state index in [4.69, 9.17) is 41.8 Å². The van der Waals surface area contributed by atoms with Crippen molar-refractivity contribution in [1.29, 1.82) is 5.16 Å². The molecule has 34 heavy (non-hydrogen) atoms. The Morgan fingerprint density at radius 2 is 1.15 bits per heavy atom. The summed E-state index contributed by atoms with van der Waals surface area (Å²) >= 11 is 0. The molecule has 0 aromatic carbocycles. The van der Waals surface area contributed by atoms with Crippen LogP contribution in [0.25, 0.3) is 0 Å². The van der Waals surface area contributed by atoms with Gasteiger partial charge in [0.1, 0.15) is 18.9 Å². The van der Waals surface area contributed by atoms with Gasteiger partial charge in [0.2, 0.25) is 7.51 Å². The lowest BCUT2D eigenvalue weighted by atomic mass is 10.5. The number of rotatable bonds is 21. The van der Waals surface area contributed by atoms with Crippen LogP contribution in [-0.4, -0.2) is 57.4 Å². The zero-order chi connectivity index (χ0) is 25.5. The Morgan fingerprint density at radius 1 is 0.676 bits per heavy atom. The molecule has 1 rings (SSSR count). The zero-order valence-electron chi connectivity index (χ0n) is 22.5. The van der Waals surface area contributed by atoms with Crippen molar-refractivity contribution in [3.05, 3.63) is 0 Å². The van der Waals surface area contributed by atoms with E-state index in [1.807, 2.05) is 27.7 Å². The van der Waals surface area contributed by atoms with Gasteiger partial charge in [-0.2, -0.15) is 4.52 Å². The lowest BCUT2D eigenvalue weighted by molar-refractivity contribution is 0.128. The van der Waals surface area contributed by atoms with Crippen molar-refractivity contribution < 1.29 is 27.4 Å². The zero-order valence-corrected chi connectivity index (χ0v) is 25.2. The third-order valence-electron chi connectivity index (χ3n) is 4.77. The van der Waals surface area contributed by atoms with Gasteiger partial charge < -0.3 is 27.4 Å². The summed E-state index contributed by atoms with van der Waals surface area (Å²) in [5, 5.41) is 9.05. The van der Waals surface area contributed by atoms with Crippen LogP contribution >= 0.6 is 22.4 Å². The molecule has 3 atom stereocenters. The largest absolute Gasteiger partial charge is 0.367 e. The summed E-state index contributed by atoms with van der Waals surface area (Å²) in [6.07, 6.45) is 5.67. The third-order valence-corrected chi connectivity index (χ3v) is 13.1. The molecular weight excluding hydrogens is 495 g/mol. The minimum atomic E-state index is -3.13. The summed E-state index contributed by atoms with van der Waals surface area (Å²) in [5.41, 5.74) is 0. The molecule has 0 bridgehead atoms. The average molecular weight is 546 g/mol. The molecule has 204 valence electrons. The van der Waals surface area contributed by atoms with Crippen LogP contribution < -0.4 is 0 Å². The van der Waals surface area contributed by atoms with Crippen LogP contribution in [0.15, 0.2) is 9.26 Å². The van der Waals surface area contributed by atoms with E-state index < -0.39 is 28.2 Å². The molecule has 0 spiro atoms. The summed E-state index contributed by atoms with van der Waals surface area (Å²) in [7, 11) is -8.38. The minimum absolute atomic E-state index is 0.355. The van der Waals surface area contributed by atoms with Crippen LogP contribution in [0.1, 0.15) is 87.0 Å². The van der Waals surface area contributed by atoms with Gasteiger partial charge in [-0.05, 0) is 38.5 Å². The van der Waals surface area contributed by atoms with Crippen molar-refractivity contribution in [1.82, 2.24) is 0 Å². The van der Waals surface area contributed by atoms with E-state index >= 15 is 0 Å². The molecule has 0 aliphatic carbocycles. The average Bonchev–Trinajstić information content (AvgIpc) is 3.40. The molecule has 1 aliphatic rings. The third kappa shape index (κ3) is 9.72. The van der Waals surface area contributed by atoms with Gasteiger partial charge in [0.15, 0.2) is 0 Å². The Labute approximate surface area is 208 Å². The number of nitrogens with one attached hydrogen (secondary N) is 1. The monoisotopic (exact) mass is 545 g/mol. The van der Waals surface area contributed by atoms with Crippen LogP contribution in [0.3, 0.4) is 0 Å². The van der Waals surface area contributed by atoms with Gasteiger partial charge in [-0.25, -0.2) is 4.74 Å². The normalized spacial score (nSPS) is 22.7. The standard InChI is InChI=1S/C22H50N3O6P3/c1-8-15-26-22-21(33(22,23)29-18-11-4)24-34(30-19-12-5,31-20-13-6)25-32(14-7,27-16-9-2)28-17-10-3/h21-23H,8-20H2,1-7H3. The number of hydrogen-bond acceptors (Lipinski definition) is 8. The topological polar surface area (TPSA) is 104 Å². The smallest absolute Gasteiger partial charge is 0.339 e. The first kappa shape index (κ1) is 32.5. The Bertz CT molecular complexity index is 698. The van der Waals surface area contributed by atoms with Crippen LogP contribution in [0.2, 0.25) is 0 Å². The van der Waals surface area contributed by atoms with E-state index in [2.05, 4.69) is 20.8 Å². The van der Waals surface area contributed by atoms with Gasteiger partial charge in [-0.15, -0.1) is 0 Å². The first-order chi connectivity index (χ1) is 16.4. The number of ether oxygens (including phenoxy) is 1. The van der Waals surface area contributed by atoms with Crippen molar-refractivity contribution in [2.24, 2.45) is 9.26 Å².